The number of hydrogen-bond acceptors (Lipinski definition) is 1. The Kier molecular flexibility index (Phi) is 3.76. The largest absolute Gasteiger partial charge is 0.331 e. The summed E-state index contributed by atoms with van der Waals surface area (Å²) in [6.07, 6.45) is -1.40. The van der Waals surface area contributed by atoms with Gasteiger partial charge >= 0.3 is 6.43 Å². The Hall–Kier alpha value is -0.970. The summed E-state index contributed by atoms with van der Waals surface area (Å²) < 4.78 is 25.8. The van der Waals surface area contributed by atoms with Crippen molar-refractivity contribution in [2.24, 2.45) is 0 Å². The molecule has 0 N–H and O–H groups in total. The van der Waals surface area contributed by atoms with E-state index in [2.05, 4.69) is 15.9 Å². The number of benzene rings is 1. The molecule has 1 heterocycles. The standard InChI is InChI=1S/C12H12BrF2NO/c13-9-4-1-3-8(7-9)10-5-2-6-16(10)12(17)11(14)15/h1,3-4,7,10-11H,2,5-6H2. The first-order valence-electron chi connectivity index (χ1n) is 5.43. The highest BCUT2D eigenvalue weighted by atomic mass is 79.9. The van der Waals surface area contributed by atoms with Crippen LogP contribution < -0.4 is 0 Å². The SMILES string of the molecule is O=C(C(F)F)N1CCCC1c1cccc(Br)c1. The molecule has 1 amide bonds. The predicted octanol–water partition coefficient (Wildman–Crippen LogP) is 3.38. The van der Waals surface area contributed by atoms with Gasteiger partial charge in [0.1, 0.15) is 0 Å². The summed E-state index contributed by atoms with van der Waals surface area (Å²) in [5, 5.41) is 0. The molecule has 0 aliphatic carbocycles. The molecule has 17 heavy (non-hydrogen) atoms. The fraction of sp³-hybridized carbons (Fsp3) is 0.417. The van der Waals surface area contributed by atoms with E-state index in [4.69, 9.17) is 0 Å². The summed E-state index contributed by atoms with van der Waals surface area (Å²) in [6.45, 7) is 0.417. The molecule has 2 nitrogen and oxygen atoms in total. The van der Waals surface area contributed by atoms with Crippen molar-refractivity contribution in [2.75, 3.05) is 6.54 Å². The summed E-state index contributed by atoms with van der Waals surface area (Å²) >= 11 is 3.34. The van der Waals surface area contributed by atoms with E-state index in [0.29, 0.717) is 6.54 Å². The van der Waals surface area contributed by atoms with E-state index in [-0.39, 0.29) is 6.04 Å². The van der Waals surface area contributed by atoms with Gasteiger partial charge in [0.2, 0.25) is 0 Å². The van der Waals surface area contributed by atoms with Gasteiger partial charge in [-0.15, -0.1) is 0 Å². The Morgan fingerprint density at radius 2 is 2.24 bits per heavy atom. The lowest BCUT2D eigenvalue weighted by molar-refractivity contribution is -0.143. The van der Waals surface area contributed by atoms with Gasteiger partial charge in [0.05, 0.1) is 6.04 Å². The molecule has 2 rings (SSSR count). The van der Waals surface area contributed by atoms with Crippen molar-refractivity contribution < 1.29 is 13.6 Å². The first-order valence-corrected chi connectivity index (χ1v) is 6.23. The van der Waals surface area contributed by atoms with E-state index < -0.39 is 12.3 Å². The first-order chi connectivity index (χ1) is 8.09. The highest BCUT2D eigenvalue weighted by Crippen LogP contribution is 2.33. The smallest absolute Gasteiger partial charge is 0.315 e. The van der Waals surface area contributed by atoms with Crippen LogP contribution in [0.4, 0.5) is 8.78 Å². The quantitative estimate of drug-likeness (QED) is 0.820. The third-order valence-electron chi connectivity index (χ3n) is 2.96. The van der Waals surface area contributed by atoms with Gasteiger partial charge in [-0.05, 0) is 30.5 Å². The second-order valence-corrected chi connectivity index (χ2v) is 4.96. The average Bonchev–Trinajstić information content (AvgIpc) is 2.76. The zero-order valence-electron chi connectivity index (χ0n) is 9.07. The second-order valence-electron chi connectivity index (χ2n) is 4.05. The maximum atomic E-state index is 12.4. The Morgan fingerprint density at radius 3 is 2.88 bits per heavy atom. The molecule has 0 bridgehead atoms. The van der Waals surface area contributed by atoms with Crippen LogP contribution in [-0.2, 0) is 4.79 Å². The van der Waals surface area contributed by atoms with Crippen molar-refractivity contribution >= 4 is 21.8 Å². The molecule has 0 radical (unpaired) electrons. The molecule has 1 unspecified atom stereocenters. The van der Waals surface area contributed by atoms with Crippen molar-refractivity contribution in [3.05, 3.63) is 34.3 Å². The van der Waals surface area contributed by atoms with Crippen molar-refractivity contribution in [1.29, 1.82) is 0 Å². The number of rotatable bonds is 2. The van der Waals surface area contributed by atoms with Gasteiger partial charge in [-0.1, -0.05) is 28.1 Å². The number of nitrogens with zero attached hydrogens (tertiary/aromatic N) is 1. The molecule has 5 heteroatoms. The molecule has 0 aromatic heterocycles. The van der Waals surface area contributed by atoms with Gasteiger partial charge in [0.15, 0.2) is 0 Å². The van der Waals surface area contributed by atoms with Gasteiger partial charge in [0, 0.05) is 11.0 Å². The van der Waals surface area contributed by atoms with Crippen molar-refractivity contribution in [3.8, 4) is 0 Å². The fourth-order valence-electron chi connectivity index (χ4n) is 2.22. The molecule has 1 atom stereocenters. The Labute approximate surface area is 107 Å². The number of alkyl halides is 2. The van der Waals surface area contributed by atoms with E-state index in [1.165, 1.54) is 4.90 Å². The zero-order chi connectivity index (χ0) is 12.4. The molecule has 1 aromatic rings. The second kappa shape index (κ2) is 5.12. The number of likely N-dealkylation sites (tertiary alicyclic amines) is 1. The third-order valence-corrected chi connectivity index (χ3v) is 3.45. The molecular formula is C12H12BrF2NO. The predicted molar refractivity (Wildman–Crippen MR) is 63.8 cm³/mol. The highest BCUT2D eigenvalue weighted by molar-refractivity contribution is 9.10. The summed E-state index contributed by atoms with van der Waals surface area (Å²) in [7, 11) is 0. The van der Waals surface area contributed by atoms with Crippen LogP contribution in [0.3, 0.4) is 0 Å². The molecule has 1 aliphatic heterocycles. The number of carbonyl (C=O) groups excluding carboxylic acids is 1. The van der Waals surface area contributed by atoms with E-state index in [9.17, 15) is 13.6 Å². The van der Waals surface area contributed by atoms with Crippen LogP contribution in [0, 0.1) is 0 Å². The van der Waals surface area contributed by atoms with Crippen LogP contribution in [0.5, 0.6) is 0 Å². The van der Waals surface area contributed by atoms with E-state index in [1.54, 1.807) is 0 Å². The van der Waals surface area contributed by atoms with Crippen LogP contribution in [0.1, 0.15) is 24.4 Å². The minimum atomic E-state index is -2.91. The van der Waals surface area contributed by atoms with Gasteiger partial charge in [-0.25, -0.2) is 0 Å². The van der Waals surface area contributed by atoms with Crippen LogP contribution in [0.15, 0.2) is 28.7 Å². The summed E-state index contributed by atoms with van der Waals surface area (Å²) in [6, 6.07) is 7.25. The average molecular weight is 304 g/mol. The number of amides is 1. The lowest BCUT2D eigenvalue weighted by Gasteiger charge is -2.24. The summed E-state index contributed by atoms with van der Waals surface area (Å²) in [5.74, 6) is -1.06. The molecule has 1 aliphatic rings. The summed E-state index contributed by atoms with van der Waals surface area (Å²) in [5.41, 5.74) is 0.908. The lowest BCUT2D eigenvalue weighted by Crippen LogP contribution is -2.35. The molecule has 92 valence electrons. The fourth-order valence-corrected chi connectivity index (χ4v) is 2.63. The van der Waals surface area contributed by atoms with E-state index in [0.717, 1.165) is 22.9 Å². The van der Waals surface area contributed by atoms with Gasteiger partial charge < -0.3 is 4.90 Å². The third kappa shape index (κ3) is 2.65. The van der Waals surface area contributed by atoms with Crippen molar-refractivity contribution in [3.63, 3.8) is 0 Å². The van der Waals surface area contributed by atoms with E-state index in [1.807, 2.05) is 24.3 Å². The maximum absolute atomic E-state index is 12.4. The number of carbonyl (C=O) groups is 1. The van der Waals surface area contributed by atoms with Crippen LogP contribution in [0.2, 0.25) is 0 Å². The zero-order valence-corrected chi connectivity index (χ0v) is 10.7. The number of halogens is 3. The summed E-state index contributed by atoms with van der Waals surface area (Å²) in [4.78, 5) is 12.7. The minimum Gasteiger partial charge on any atom is -0.331 e. The molecule has 1 aromatic carbocycles. The monoisotopic (exact) mass is 303 g/mol. The van der Waals surface area contributed by atoms with Gasteiger partial charge in [-0.2, -0.15) is 8.78 Å². The lowest BCUT2D eigenvalue weighted by atomic mass is 10.0. The molecule has 0 spiro atoms. The topological polar surface area (TPSA) is 20.3 Å². The van der Waals surface area contributed by atoms with Crippen molar-refractivity contribution in [2.45, 2.75) is 25.3 Å². The van der Waals surface area contributed by atoms with Gasteiger partial charge in [-0.3, -0.25) is 4.79 Å². The van der Waals surface area contributed by atoms with Crippen LogP contribution in [0.25, 0.3) is 0 Å². The first kappa shape index (κ1) is 12.5. The Bertz CT molecular complexity index is 425. The maximum Gasteiger partial charge on any atom is 0.315 e. The van der Waals surface area contributed by atoms with Crippen molar-refractivity contribution in [1.82, 2.24) is 4.90 Å². The number of hydrogen-bond donors (Lipinski definition) is 0. The van der Waals surface area contributed by atoms with Crippen LogP contribution >= 0.6 is 15.9 Å². The van der Waals surface area contributed by atoms with E-state index >= 15 is 0 Å². The highest BCUT2D eigenvalue weighted by Gasteiger charge is 2.34. The molecular weight excluding hydrogens is 292 g/mol. The minimum absolute atomic E-state index is 0.214. The van der Waals surface area contributed by atoms with Gasteiger partial charge in [0.25, 0.3) is 5.91 Å². The van der Waals surface area contributed by atoms with Crippen LogP contribution in [-0.4, -0.2) is 23.8 Å². The Morgan fingerprint density at radius 1 is 1.47 bits per heavy atom. The molecule has 0 saturated carbocycles. The molecule has 1 saturated heterocycles. The molecule has 1 fully saturated rings. The normalized spacial score (nSPS) is 20.0. The Balaban J connectivity index is 2.23.